The van der Waals surface area contributed by atoms with E-state index in [0.717, 1.165) is 32.6 Å². The number of hydrogen-bond acceptors (Lipinski definition) is 4. The van der Waals surface area contributed by atoms with Gasteiger partial charge in [-0.1, -0.05) is 30.3 Å². The highest BCUT2D eigenvalue weighted by Gasteiger charge is 2.36. The lowest BCUT2D eigenvalue weighted by molar-refractivity contribution is -0.753. The second-order valence-electron chi connectivity index (χ2n) is 5.99. The molecule has 0 amide bonds. The molecule has 0 bridgehead atoms. The van der Waals surface area contributed by atoms with Crippen LogP contribution in [0.15, 0.2) is 54.1 Å². The molecule has 0 radical (unpaired) electrons. The SMILES string of the molecule is CCOC(=O)CC1=C(c2ccccc2)c2ccc(OC)cc2/C1=[N+](\C)O. The van der Waals surface area contributed by atoms with Crippen molar-refractivity contribution in [2.75, 3.05) is 20.8 Å². The van der Waals surface area contributed by atoms with Crippen LogP contribution in [0.2, 0.25) is 0 Å². The van der Waals surface area contributed by atoms with Crippen LogP contribution in [0.3, 0.4) is 0 Å². The first-order chi connectivity index (χ1) is 12.6. The molecular formula is C21H22NO4+. The number of rotatable bonds is 5. The molecule has 2 aromatic carbocycles. The van der Waals surface area contributed by atoms with Crippen LogP contribution < -0.4 is 4.74 Å². The molecule has 5 nitrogen and oxygen atoms in total. The van der Waals surface area contributed by atoms with Crippen molar-refractivity contribution in [2.45, 2.75) is 13.3 Å². The number of hydroxylamine groups is 1. The Bertz CT molecular complexity index is 893. The Morgan fingerprint density at radius 3 is 2.46 bits per heavy atom. The van der Waals surface area contributed by atoms with Crippen LogP contribution in [0.1, 0.15) is 30.0 Å². The van der Waals surface area contributed by atoms with Gasteiger partial charge in [-0.15, -0.1) is 0 Å². The van der Waals surface area contributed by atoms with Crippen LogP contribution in [0, 0.1) is 0 Å². The van der Waals surface area contributed by atoms with Crippen molar-refractivity contribution in [2.24, 2.45) is 0 Å². The zero-order valence-corrected chi connectivity index (χ0v) is 15.2. The van der Waals surface area contributed by atoms with Gasteiger partial charge in [0.1, 0.15) is 5.75 Å². The molecule has 1 aliphatic rings. The van der Waals surface area contributed by atoms with E-state index in [9.17, 15) is 10.0 Å². The first-order valence-electron chi connectivity index (χ1n) is 8.49. The molecule has 0 saturated carbocycles. The molecule has 0 heterocycles. The monoisotopic (exact) mass is 352 g/mol. The summed E-state index contributed by atoms with van der Waals surface area (Å²) in [6.07, 6.45) is 0.0787. The van der Waals surface area contributed by atoms with Gasteiger partial charge in [0.25, 0.3) is 5.71 Å². The quantitative estimate of drug-likeness (QED) is 0.388. The lowest BCUT2D eigenvalue weighted by atomic mass is 9.96. The van der Waals surface area contributed by atoms with Crippen LogP contribution in [-0.4, -0.2) is 42.4 Å². The van der Waals surface area contributed by atoms with Gasteiger partial charge in [0.2, 0.25) is 0 Å². The second-order valence-corrected chi connectivity index (χ2v) is 5.99. The molecule has 134 valence electrons. The minimum absolute atomic E-state index is 0.0787. The molecule has 5 heteroatoms. The third-order valence-corrected chi connectivity index (χ3v) is 4.35. The molecule has 1 aliphatic carbocycles. The number of carbonyl (C=O) groups is 1. The van der Waals surface area contributed by atoms with Crippen LogP contribution in [-0.2, 0) is 9.53 Å². The zero-order chi connectivity index (χ0) is 18.7. The normalized spacial score (nSPS) is 14.9. The third-order valence-electron chi connectivity index (χ3n) is 4.35. The van der Waals surface area contributed by atoms with E-state index in [0.29, 0.717) is 18.1 Å². The van der Waals surface area contributed by atoms with Crippen molar-refractivity contribution in [1.29, 1.82) is 0 Å². The van der Waals surface area contributed by atoms with E-state index in [2.05, 4.69) is 0 Å². The number of methoxy groups -OCH3 is 1. The van der Waals surface area contributed by atoms with Gasteiger partial charge in [-0.05, 0) is 41.0 Å². The summed E-state index contributed by atoms with van der Waals surface area (Å²) in [5.74, 6) is 0.364. The molecule has 0 saturated heterocycles. The summed E-state index contributed by atoms with van der Waals surface area (Å²) in [6.45, 7) is 2.10. The molecule has 0 fully saturated rings. The van der Waals surface area contributed by atoms with Gasteiger partial charge in [0.15, 0.2) is 7.05 Å². The molecule has 1 N–H and O–H groups in total. The molecule has 3 rings (SSSR count). The summed E-state index contributed by atoms with van der Waals surface area (Å²) >= 11 is 0. The highest BCUT2D eigenvalue weighted by Crippen LogP contribution is 2.40. The van der Waals surface area contributed by atoms with Gasteiger partial charge < -0.3 is 9.47 Å². The number of benzene rings is 2. The largest absolute Gasteiger partial charge is 0.497 e. The maximum atomic E-state index is 12.2. The van der Waals surface area contributed by atoms with Crippen molar-refractivity contribution < 1.29 is 24.2 Å². The number of nitrogens with zero attached hydrogens (tertiary/aromatic N) is 1. The topological polar surface area (TPSA) is 58.8 Å². The Morgan fingerprint density at radius 2 is 1.85 bits per heavy atom. The average Bonchev–Trinajstić information content (AvgIpc) is 2.95. The van der Waals surface area contributed by atoms with E-state index < -0.39 is 0 Å². The molecule has 0 aliphatic heterocycles. The van der Waals surface area contributed by atoms with Crippen LogP contribution in [0.25, 0.3) is 5.57 Å². The standard InChI is InChI=1S/C21H22NO4/c1-4-26-19(23)13-18-20(14-8-6-5-7-9-14)16-11-10-15(25-3)12-17(16)21(18)22(2)24/h5-12,24H,4,13H2,1-3H3/q+1/b22-21-. The number of hydrogen-bond donors (Lipinski definition) is 1. The fraction of sp³-hybridized carbons (Fsp3) is 0.238. The van der Waals surface area contributed by atoms with E-state index in [4.69, 9.17) is 9.47 Å². The van der Waals surface area contributed by atoms with Crippen molar-refractivity contribution in [3.8, 4) is 5.75 Å². The highest BCUT2D eigenvalue weighted by atomic mass is 16.5. The Kier molecular flexibility index (Phi) is 5.07. The van der Waals surface area contributed by atoms with Crippen molar-refractivity contribution in [3.05, 3.63) is 70.8 Å². The lowest BCUT2D eigenvalue weighted by Gasteiger charge is -2.08. The number of ether oxygens (including phenoxy) is 2. The summed E-state index contributed by atoms with van der Waals surface area (Å²) in [7, 11) is 3.15. The minimum Gasteiger partial charge on any atom is -0.497 e. The predicted molar refractivity (Wildman–Crippen MR) is 98.8 cm³/mol. The fourth-order valence-electron chi connectivity index (χ4n) is 3.34. The average molecular weight is 352 g/mol. The molecule has 26 heavy (non-hydrogen) atoms. The minimum atomic E-state index is -0.324. The maximum absolute atomic E-state index is 12.2. The van der Waals surface area contributed by atoms with E-state index >= 15 is 0 Å². The fourth-order valence-corrected chi connectivity index (χ4v) is 3.34. The summed E-state index contributed by atoms with van der Waals surface area (Å²) < 4.78 is 11.5. The summed E-state index contributed by atoms with van der Waals surface area (Å²) in [4.78, 5) is 12.2. The molecule has 0 aromatic heterocycles. The predicted octanol–water partition coefficient (Wildman–Crippen LogP) is 3.28. The smallest absolute Gasteiger partial charge is 0.310 e. The number of carbonyl (C=O) groups excluding carboxylic acids is 1. The zero-order valence-electron chi connectivity index (χ0n) is 15.2. The Morgan fingerprint density at radius 1 is 1.12 bits per heavy atom. The van der Waals surface area contributed by atoms with E-state index in [1.807, 2.05) is 48.5 Å². The van der Waals surface area contributed by atoms with Gasteiger partial charge in [-0.25, -0.2) is 0 Å². The lowest BCUT2D eigenvalue weighted by Crippen LogP contribution is -2.18. The van der Waals surface area contributed by atoms with Crippen molar-refractivity contribution >= 4 is 17.3 Å². The Labute approximate surface area is 152 Å². The van der Waals surface area contributed by atoms with Crippen LogP contribution in [0.5, 0.6) is 5.75 Å². The molecule has 0 unspecified atom stereocenters. The molecule has 2 aromatic rings. The van der Waals surface area contributed by atoms with Gasteiger partial charge in [0, 0.05) is 11.1 Å². The summed E-state index contributed by atoms with van der Waals surface area (Å²) in [5.41, 5.74) is 5.01. The van der Waals surface area contributed by atoms with E-state index in [-0.39, 0.29) is 12.4 Å². The molecule has 0 atom stereocenters. The molecule has 0 spiro atoms. The summed E-state index contributed by atoms with van der Waals surface area (Å²) in [6, 6.07) is 15.6. The van der Waals surface area contributed by atoms with Crippen LogP contribution in [0.4, 0.5) is 0 Å². The Hall–Kier alpha value is -3.08. The highest BCUT2D eigenvalue weighted by molar-refractivity contribution is 6.24. The van der Waals surface area contributed by atoms with Gasteiger partial charge in [-0.2, -0.15) is 0 Å². The first kappa shape index (κ1) is 17.7. The van der Waals surface area contributed by atoms with E-state index in [1.54, 1.807) is 21.1 Å². The second kappa shape index (κ2) is 7.44. The van der Waals surface area contributed by atoms with Crippen LogP contribution >= 0.6 is 0 Å². The number of esters is 1. The van der Waals surface area contributed by atoms with E-state index in [1.165, 1.54) is 0 Å². The van der Waals surface area contributed by atoms with Gasteiger partial charge in [0.05, 0.1) is 25.7 Å². The third kappa shape index (κ3) is 3.20. The number of fused-ring (bicyclic) bond motifs is 1. The summed E-state index contributed by atoms with van der Waals surface area (Å²) in [5, 5.41) is 10.3. The maximum Gasteiger partial charge on any atom is 0.310 e. The Balaban J connectivity index is 2.25. The molecular weight excluding hydrogens is 330 g/mol. The van der Waals surface area contributed by atoms with Gasteiger partial charge in [-0.3, -0.25) is 10.0 Å². The van der Waals surface area contributed by atoms with Crippen molar-refractivity contribution in [3.63, 3.8) is 0 Å². The first-order valence-corrected chi connectivity index (χ1v) is 8.49. The van der Waals surface area contributed by atoms with Crippen molar-refractivity contribution in [1.82, 2.24) is 0 Å². The van der Waals surface area contributed by atoms with Gasteiger partial charge >= 0.3 is 5.97 Å².